The fourth-order valence-corrected chi connectivity index (χ4v) is 4.33. The van der Waals surface area contributed by atoms with Crippen LogP contribution in [0.5, 0.6) is 0 Å². The zero-order valence-electron chi connectivity index (χ0n) is 15.1. The Bertz CT molecular complexity index is 676. The molecule has 3 unspecified atom stereocenters. The van der Waals surface area contributed by atoms with E-state index >= 15 is 0 Å². The number of rotatable bonds is 5. The van der Waals surface area contributed by atoms with Crippen molar-refractivity contribution < 1.29 is 19.5 Å². The lowest BCUT2D eigenvalue weighted by atomic mass is 9.84. The number of nitrogens with zero attached hydrogens (tertiary/aromatic N) is 2. The number of fused-ring (bicyclic) bond motifs is 1. The summed E-state index contributed by atoms with van der Waals surface area (Å²) in [7, 11) is 1.62. The van der Waals surface area contributed by atoms with Crippen LogP contribution in [0.25, 0.3) is 0 Å². The summed E-state index contributed by atoms with van der Waals surface area (Å²) in [5, 5.41) is 8.86. The van der Waals surface area contributed by atoms with Crippen LogP contribution in [-0.2, 0) is 9.59 Å². The molecule has 1 N–H and O–H groups in total. The number of hydrogen-bond donors (Lipinski definition) is 1. The van der Waals surface area contributed by atoms with Crippen molar-refractivity contribution in [2.45, 2.75) is 50.6 Å². The summed E-state index contributed by atoms with van der Waals surface area (Å²) in [5.41, 5.74) is 0.602. The van der Waals surface area contributed by atoms with Crippen LogP contribution in [0, 0.1) is 5.92 Å². The van der Waals surface area contributed by atoms with Gasteiger partial charge in [-0.1, -0.05) is 31.0 Å². The maximum absolute atomic E-state index is 13.2. The minimum atomic E-state index is -0.929. The van der Waals surface area contributed by atoms with Crippen LogP contribution in [0.2, 0.25) is 0 Å². The summed E-state index contributed by atoms with van der Waals surface area (Å²) in [6.07, 6.45) is 4.80. The Morgan fingerprint density at radius 2 is 1.85 bits per heavy atom. The van der Waals surface area contributed by atoms with Gasteiger partial charge in [-0.2, -0.15) is 0 Å². The third-order valence-electron chi connectivity index (χ3n) is 5.67. The van der Waals surface area contributed by atoms with E-state index in [0.717, 1.165) is 25.7 Å². The Morgan fingerprint density at radius 3 is 2.54 bits per heavy atom. The Kier molecular flexibility index (Phi) is 5.59. The van der Waals surface area contributed by atoms with Gasteiger partial charge in [0.25, 0.3) is 5.91 Å². The number of carboxylic acid groups (broad SMARTS) is 1. The van der Waals surface area contributed by atoms with E-state index in [1.54, 1.807) is 24.1 Å². The molecule has 140 valence electrons. The van der Waals surface area contributed by atoms with E-state index in [4.69, 9.17) is 5.11 Å². The van der Waals surface area contributed by atoms with Crippen molar-refractivity contribution in [2.75, 3.05) is 13.6 Å². The van der Waals surface area contributed by atoms with Gasteiger partial charge in [0.2, 0.25) is 5.91 Å². The topological polar surface area (TPSA) is 77.9 Å². The lowest BCUT2D eigenvalue weighted by Crippen LogP contribution is -2.50. The van der Waals surface area contributed by atoms with Crippen molar-refractivity contribution in [1.82, 2.24) is 9.80 Å². The molecule has 0 aromatic heterocycles. The van der Waals surface area contributed by atoms with Crippen molar-refractivity contribution in [1.29, 1.82) is 0 Å². The first-order chi connectivity index (χ1) is 12.5. The largest absolute Gasteiger partial charge is 0.481 e. The smallest absolute Gasteiger partial charge is 0.305 e. The van der Waals surface area contributed by atoms with E-state index in [0.29, 0.717) is 17.9 Å². The number of aliphatic carboxylic acids is 1. The Balaban J connectivity index is 1.83. The number of amides is 2. The highest BCUT2D eigenvalue weighted by molar-refractivity contribution is 5.98. The molecule has 3 rings (SSSR count). The fraction of sp³-hybridized carbons (Fsp3) is 0.550. The Morgan fingerprint density at radius 1 is 1.15 bits per heavy atom. The molecular weight excluding hydrogens is 332 g/mol. The zero-order chi connectivity index (χ0) is 18.7. The van der Waals surface area contributed by atoms with Gasteiger partial charge < -0.3 is 14.9 Å². The zero-order valence-corrected chi connectivity index (χ0v) is 15.1. The molecule has 1 aromatic rings. The third kappa shape index (κ3) is 3.74. The lowest BCUT2D eigenvalue weighted by Gasteiger charge is -2.34. The normalized spacial score (nSPS) is 24.8. The molecular formula is C20H26N2O4. The van der Waals surface area contributed by atoms with E-state index in [-0.39, 0.29) is 30.8 Å². The minimum Gasteiger partial charge on any atom is -0.481 e. The Labute approximate surface area is 153 Å². The molecule has 26 heavy (non-hydrogen) atoms. The molecule has 6 heteroatoms. The molecule has 6 nitrogen and oxygen atoms in total. The predicted octanol–water partition coefficient (Wildman–Crippen LogP) is 2.39. The van der Waals surface area contributed by atoms with Crippen LogP contribution in [-0.4, -0.2) is 58.4 Å². The van der Waals surface area contributed by atoms with Gasteiger partial charge >= 0.3 is 5.97 Å². The first-order valence-corrected chi connectivity index (χ1v) is 9.33. The van der Waals surface area contributed by atoms with Gasteiger partial charge in [-0.15, -0.1) is 0 Å². The van der Waals surface area contributed by atoms with E-state index < -0.39 is 12.0 Å². The van der Waals surface area contributed by atoms with Crippen molar-refractivity contribution in [3.05, 3.63) is 35.9 Å². The number of likely N-dealkylation sites (tertiary alicyclic amines) is 1. The molecule has 1 aliphatic heterocycles. The van der Waals surface area contributed by atoms with Gasteiger partial charge in [0.05, 0.1) is 6.42 Å². The molecule has 2 aliphatic rings. The van der Waals surface area contributed by atoms with E-state index in [1.165, 1.54) is 4.90 Å². The highest BCUT2D eigenvalue weighted by atomic mass is 16.4. The van der Waals surface area contributed by atoms with Crippen LogP contribution in [0.4, 0.5) is 0 Å². The molecule has 1 aromatic carbocycles. The SMILES string of the molecule is CN(CCC(=O)O)C(=O)C1CC2CCCCC2N1C(=O)c1ccccc1. The number of hydrogen-bond acceptors (Lipinski definition) is 3. The number of carbonyl (C=O) groups excluding carboxylic acids is 2. The summed E-state index contributed by atoms with van der Waals surface area (Å²) in [6, 6.07) is 8.72. The highest BCUT2D eigenvalue weighted by Crippen LogP contribution is 2.41. The maximum atomic E-state index is 13.2. The second-order valence-corrected chi connectivity index (χ2v) is 7.35. The molecule has 0 bridgehead atoms. The minimum absolute atomic E-state index is 0.0888. The molecule has 2 amide bonds. The van der Waals surface area contributed by atoms with Crippen LogP contribution in [0.15, 0.2) is 30.3 Å². The number of benzene rings is 1. The molecule has 3 atom stereocenters. The maximum Gasteiger partial charge on any atom is 0.305 e. The standard InChI is InChI=1S/C20H26N2O4/c1-21(12-11-18(23)24)20(26)17-13-15-9-5-6-10-16(15)22(17)19(25)14-7-3-2-4-8-14/h2-4,7-8,15-17H,5-6,9-13H2,1H3,(H,23,24). The number of carboxylic acids is 1. The second kappa shape index (κ2) is 7.89. The summed E-state index contributed by atoms with van der Waals surface area (Å²) in [6.45, 7) is 0.160. The van der Waals surface area contributed by atoms with Crippen molar-refractivity contribution in [2.24, 2.45) is 5.92 Å². The van der Waals surface area contributed by atoms with Crippen LogP contribution in [0.3, 0.4) is 0 Å². The van der Waals surface area contributed by atoms with Crippen molar-refractivity contribution >= 4 is 17.8 Å². The summed E-state index contributed by atoms with van der Waals surface area (Å²) in [5.74, 6) is -0.810. The summed E-state index contributed by atoms with van der Waals surface area (Å²) < 4.78 is 0. The monoisotopic (exact) mass is 358 g/mol. The third-order valence-corrected chi connectivity index (χ3v) is 5.67. The molecule has 2 fully saturated rings. The van der Waals surface area contributed by atoms with E-state index in [1.807, 2.05) is 18.2 Å². The van der Waals surface area contributed by atoms with Gasteiger partial charge in [0.15, 0.2) is 0 Å². The molecule has 1 saturated carbocycles. The molecule has 0 spiro atoms. The summed E-state index contributed by atoms with van der Waals surface area (Å²) >= 11 is 0. The first-order valence-electron chi connectivity index (χ1n) is 9.33. The van der Waals surface area contributed by atoms with Gasteiger partial charge in [-0.3, -0.25) is 14.4 Å². The summed E-state index contributed by atoms with van der Waals surface area (Å²) in [4.78, 5) is 40.2. The quantitative estimate of drug-likeness (QED) is 0.877. The first kappa shape index (κ1) is 18.4. The highest BCUT2D eigenvalue weighted by Gasteiger charge is 2.48. The van der Waals surface area contributed by atoms with Gasteiger partial charge in [0, 0.05) is 25.2 Å². The van der Waals surface area contributed by atoms with Crippen molar-refractivity contribution in [3.63, 3.8) is 0 Å². The average Bonchev–Trinajstić information content (AvgIpc) is 3.05. The van der Waals surface area contributed by atoms with Crippen LogP contribution >= 0.6 is 0 Å². The van der Waals surface area contributed by atoms with Gasteiger partial charge in [-0.25, -0.2) is 0 Å². The van der Waals surface area contributed by atoms with Crippen molar-refractivity contribution in [3.8, 4) is 0 Å². The molecule has 1 aliphatic carbocycles. The average molecular weight is 358 g/mol. The molecule has 0 radical (unpaired) electrons. The predicted molar refractivity (Wildman–Crippen MR) is 96.7 cm³/mol. The number of carbonyl (C=O) groups is 3. The van der Waals surface area contributed by atoms with Gasteiger partial charge in [-0.05, 0) is 37.3 Å². The Hall–Kier alpha value is -2.37. The lowest BCUT2D eigenvalue weighted by molar-refractivity contribution is -0.139. The van der Waals surface area contributed by atoms with Crippen LogP contribution < -0.4 is 0 Å². The molecule has 1 saturated heterocycles. The molecule has 1 heterocycles. The van der Waals surface area contributed by atoms with E-state index in [2.05, 4.69) is 0 Å². The van der Waals surface area contributed by atoms with Gasteiger partial charge in [0.1, 0.15) is 6.04 Å². The fourth-order valence-electron chi connectivity index (χ4n) is 4.33. The number of likely N-dealkylation sites (N-methyl/N-ethyl adjacent to an activating group) is 1. The second-order valence-electron chi connectivity index (χ2n) is 7.35. The van der Waals surface area contributed by atoms with Crippen LogP contribution in [0.1, 0.15) is 48.9 Å². The van der Waals surface area contributed by atoms with E-state index in [9.17, 15) is 14.4 Å².